The molecule has 0 aromatic carbocycles. The maximum Gasteiger partial charge on any atom is 0.108 e. The van der Waals surface area contributed by atoms with Gasteiger partial charge in [-0.15, -0.1) is 6.22 Å². The van der Waals surface area contributed by atoms with E-state index in [1.54, 1.807) is 0 Å². The van der Waals surface area contributed by atoms with Crippen LogP contribution in [0.1, 0.15) is 41.5 Å². The Morgan fingerprint density at radius 3 is 1.18 bits per heavy atom. The van der Waals surface area contributed by atoms with Gasteiger partial charge in [0.05, 0.1) is 0 Å². The zero-order valence-electron chi connectivity index (χ0n) is 8.86. The Balaban J connectivity index is 3.44. The molecule has 0 unspecified atom stereocenters. The highest BCUT2D eigenvalue weighted by Crippen LogP contribution is 2.26. The fraction of sp³-hybridized carbons (Fsp3) is 1.00. The molecule has 0 fully saturated rings. The molecule has 0 saturated carbocycles. The molecule has 0 saturated heterocycles. The number of rotatable bonds is 2. The van der Waals surface area contributed by atoms with Crippen LogP contribution in [0.2, 0.25) is 16.8 Å². The van der Waals surface area contributed by atoms with Crippen LogP contribution in [0.5, 0.6) is 0 Å². The van der Waals surface area contributed by atoms with Crippen molar-refractivity contribution in [1.29, 1.82) is 0 Å². The number of hydrogen-bond donors (Lipinski definition) is 0. The lowest BCUT2D eigenvalue weighted by atomic mass is 9.38. The fourth-order valence-electron chi connectivity index (χ4n) is 0.766. The summed E-state index contributed by atoms with van der Waals surface area (Å²) in [6.45, 7) is 13.4. The average Bonchev–Trinajstić information content (AvgIpc) is 1.55. The second-order valence-electron chi connectivity index (χ2n) is 5.38. The molecule has 0 N–H and O–H groups in total. The van der Waals surface area contributed by atoms with Crippen LogP contribution in [0.25, 0.3) is 0 Å². The van der Waals surface area contributed by atoms with Crippen LogP contribution in [-0.2, 0) is 0 Å². The minimum absolute atomic E-state index is 0.363. The maximum atomic E-state index is 2.36. The van der Waals surface area contributed by atoms with Gasteiger partial charge in [0.1, 0.15) is 14.6 Å². The van der Waals surface area contributed by atoms with Crippen LogP contribution in [0.4, 0.5) is 0 Å². The van der Waals surface area contributed by atoms with Crippen molar-refractivity contribution in [2.45, 2.75) is 58.4 Å². The Bertz CT molecular complexity index is 91.7. The van der Waals surface area contributed by atoms with Gasteiger partial charge < -0.3 is 0 Å². The van der Waals surface area contributed by atoms with Crippen LogP contribution in [0, 0.1) is 0 Å². The summed E-state index contributed by atoms with van der Waals surface area (Å²) in [5.74, 6) is 0. The third-order valence-corrected chi connectivity index (χ3v) is 1.46. The van der Waals surface area contributed by atoms with Gasteiger partial charge in [0.25, 0.3) is 0 Å². The molecule has 0 atom stereocenters. The molecule has 11 heavy (non-hydrogen) atoms. The van der Waals surface area contributed by atoms with E-state index in [-0.39, 0.29) is 0 Å². The SMILES string of the molecule is CC(C)(C)[B]C[B]C(C)(C)C. The van der Waals surface area contributed by atoms with Crippen molar-refractivity contribution in [3.05, 3.63) is 0 Å². The first-order valence-electron chi connectivity index (χ1n) is 4.39. The molecule has 0 heterocycles. The lowest BCUT2D eigenvalue weighted by molar-refractivity contribution is 0.742. The monoisotopic (exact) mass is 150 g/mol. The van der Waals surface area contributed by atoms with Crippen LogP contribution in [-0.4, -0.2) is 14.6 Å². The zero-order valence-corrected chi connectivity index (χ0v) is 8.86. The molecule has 2 radical (unpaired) electrons. The molecule has 0 rings (SSSR count). The lowest BCUT2D eigenvalue weighted by Gasteiger charge is -2.20. The van der Waals surface area contributed by atoms with Crippen molar-refractivity contribution in [2.75, 3.05) is 0 Å². The standard InChI is InChI=1S/C9H20B2/c1-8(2,3)10-7-11-9(4,5)6/h7H2,1-6H3. The molecule has 0 aromatic rings. The van der Waals surface area contributed by atoms with E-state index >= 15 is 0 Å². The van der Waals surface area contributed by atoms with E-state index in [0.29, 0.717) is 10.6 Å². The molecule has 0 bridgehead atoms. The first kappa shape index (κ1) is 11.1. The van der Waals surface area contributed by atoms with Crippen LogP contribution >= 0.6 is 0 Å². The summed E-state index contributed by atoms with van der Waals surface area (Å²) in [4.78, 5) is 0. The Labute approximate surface area is 73.6 Å². The van der Waals surface area contributed by atoms with E-state index in [1.807, 2.05) is 0 Å². The van der Waals surface area contributed by atoms with Crippen LogP contribution in [0.3, 0.4) is 0 Å². The molecule has 62 valence electrons. The van der Waals surface area contributed by atoms with E-state index in [2.05, 4.69) is 56.1 Å². The molecule has 0 amide bonds. The largest absolute Gasteiger partial charge is 0.108 e. The van der Waals surface area contributed by atoms with Crippen molar-refractivity contribution in [3.63, 3.8) is 0 Å². The van der Waals surface area contributed by atoms with Crippen molar-refractivity contribution < 1.29 is 0 Å². The van der Waals surface area contributed by atoms with Gasteiger partial charge >= 0.3 is 0 Å². The first-order valence-corrected chi connectivity index (χ1v) is 4.39. The average molecular weight is 150 g/mol. The van der Waals surface area contributed by atoms with E-state index in [0.717, 1.165) is 6.22 Å². The van der Waals surface area contributed by atoms with Crippen molar-refractivity contribution in [2.24, 2.45) is 0 Å². The molecular formula is C9H20B2. The third-order valence-electron chi connectivity index (χ3n) is 1.46. The Kier molecular flexibility index (Phi) is 3.73. The number of hydrogen-bond acceptors (Lipinski definition) is 0. The van der Waals surface area contributed by atoms with E-state index in [9.17, 15) is 0 Å². The molecule has 0 aliphatic rings. The Morgan fingerprint density at radius 2 is 1.00 bits per heavy atom. The molecule has 2 heteroatoms. The molecule has 0 aromatic heterocycles. The van der Waals surface area contributed by atoms with E-state index in [4.69, 9.17) is 0 Å². The molecule has 0 aliphatic carbocycles. The second-order valence-corrected chi connectivity index (χ2v) is 5.38. The minimum Gasteiger partial charge on any atom is -0.106 e. The van der Waals surface area contributed by atoms with Crippen molar-refractivity contribution >= 4 is 14.6 Å². The van der Waals surface area contributed by atoms with Gasteiger partial charge in [0.2, 0.25) is 0 Å². The van der Waals surface area contributed by atoms with E-state index < -0.39 is 0 Å². The van der Waals surface area contributed by atoms with Gasteiger partial charge in [-0.05, 0) is 0 Å². The highest BCUT2D eigenvalue weighted by atomic mass is 14.0. The van der Waals surface area contributed by atoms with Gasteiger partial charge in [0, 0.05) is 0 Å². The highest BCUT2D eigenvalue weighted by molar-refractivity contribution is 6.59. The van der Waals surface area contributed by atoms with Gasteiger partial charge in [-0.3, -0.25) is 0 Å². The lowest BCUT2D eigenvalue weighted by Crippen LogP contribution is -2.16. The smallest absolute Gasteiger partial charge is 0.106 e. The maximum absolute atomic E-state index is 2.36. The molecular weight excluding hydrogens is 130 g/mol. The van der Waals surface area contributed by atoms with Gasteiger partial charge in [-0.2, -0.15) is 0 Å². The van der Waals surface area contributed by atoms with Crippen molar-refractivity contribution in [1.82, 2.24) is 0 Å². The molecule has 0 nitrogen and oxygen atoms in total. The minimum atomic E-state index is 0.363. The van der Waals surface area contributed by atoms with E-state index in [1.165, 1.54) is 0 Å². The van der Waals surface area contributed by atoms with Crippen molar-refractivity contribution in [3.8, 4) is 0 Å². The topological polar surface area (TPSA) is 0 Å². The highest BCUT2D eigenvalue weighted by Gasteiger charge is 2.16. The Morgan fingerprint density at radius 1 is 0.727 bits per heavy atom. The summed E-state index contributed by atoms with van der Waals surface area (Å²) < 4.78 is 0. The summed E-state index contributed by atoms with van der Waals surface area (Å²) in [5, 5.41) is 0.726. The predicted molar refractivity (Wildman–Crippen MR) is 55.7 cm³/mol. The summed E-state index contributed by atoms with van der Waals surface area (Å²) in [6, 6.07) is 0. The fourth-order valence-corrected chi connectivity index (χ4v) is 0.766. The zero-order chi connectivity index (χ0) is 9.12. The molecule has 0 spiro atoms. The third kappa shape index (κ3) is 10.1. The van der Waals surface area contributed by atoms with Crippen LogP contribution < -0.4 is 0 Å². The summed E-state index contributed by atoms with van der Waals surface area (Å²) in [5.41, 5.74) is 0. The normalized spacial score (nSPS) is 12.9. The van der Waals surface area contributed by atoms with Gasteiger partial charge in [-0.1, -0.05) is 52.2 Å². The van der Waals surface area contributed by atoms with Gasteiger partial charge in [0.15, 0.2) is 0 Å². The summed E-state index contributed by atoms with van der Waals surface area (Å²) >= 11 is 0. The van der Waals surface area contributed by atoms with Crippen LogP contribution in [0.15, 0.2) is 0 Å². The first-order chi connectivity index (χ1) is 4.71. The Hall–Kier alpha value is 0.130. The second kappa shape index (κ2) is 3.69. The van der Waals surface area contributed by atoms with Gasteiger partial charge in [-0.25, -0.2) is 0 Å². The molecule has 0 aliphatic heterocycles. The summed E-state index contributed by atoms with van der Waals surface area (Å²) in [6.07, 6.45) is 1.12. The predicted octanol–water partition coefficient (Wildman–Crippen LogP) is 3.21. The quantitative estimate of drug-likeness (QED) is 0.530. The summed E-state index contributed by atoms with van der Waals surface area (Å²) in [7, 11) is 4.72.